The monoisotopic (exact) mass is 386 g/mol. The Bertz CT molecular complexity index is 735. The number of halogens is 1. The number of amides is 2. The summed E-state index contributed by atoms with van der Waals surface area (Å²) in [5.41, 5.74) is 0.405. The van der Waals surface area contributed by atoms with Crippen LogP contribution in [0.5, 0.6) is 0 Å². The van der Waals surface area contributed by atoms with E-state index in [1.54, 1.807) is 18.4 Å². The first-order chi connectivity index (χ1) is 13.6. The minimum absolute atomic E-state index is 0.0373. The number of allylic oxidation sites excluding steroid dienone is 4. The lowest BCUT2D eigenvalue weighted by atomic mass is 9.97. The Kier molecular flexibility index (Phi) is 6.79. The van der Waals surface area contributed by atoms with Crippen LogP contribution in [0.2, 0.25) is 0 Å². The summed E-state index contributed by atoms with van der Waals surface area (Å²) in [6, 6.07) is -0.339. The summed E-state index contributed by atoms with van der Waals surface area (Å²) in [4.78, 5) is 30.4. The largest absolute Gasteiger partial charge is 0.372 e. The summed E-state index contributed by atoms with van der Waals surface area (Å²) in [6.07, 6.45) is 14.7. The molecule has 1 saturated carbocycles. The van der Waals surface area contributed by atoms with Gasteiger partial charge in [-0.25, -0.2) is 4.39 Å². The average molecular weight is 386 g/mol. The lowest BCUT2D eigenvalue weighted by molar-refractivity contribution is -0.131. The predicted octanol–water partition coefficient (Wildman–Crippen LogP) is 2.52. The number of rotatable bonds is 7. The van der Waals surface area contributed by atoms with Crippen molar-refractivity contribution in [2.24, 2.45) is 4.99 Å². The van der Waals surface area contributed by atoms with E-state index < -0.39 is 6.04 Å². The molecule has 0 radical (unpaired) electrons. The number of hydrogen-bond acceptors (Lipinski definition) is 4. The SMILES string of the molecule is C=C/C=C1\NC2C=CC(F)=CC2N(C/N=C\CCC(=O)NC2CCCC2)C1=O. The van der Waals surface area contributed by atoms with Gasteiger partial charge in [-0.05, 0) is 37.5 Å². The normalized spacial score (nSPS) is 26.3. The third-order valence-electron chi connectivity index (χ3n) is 5.20. The number of hydrogen-bond donors (Lipinski definition) is 2. The third kappa shape index (κ3) is 4.97. The molecule has 2 amide bonds. The van der Waals surface area contributed by atoms with E-state index in [1.807, 2.05) is 0 Å². The van der Waals surface area contributed by atoms with Gasteiger partial charge in [0.15, 0.2) is 0 Å². The molecule has 0 aromatic rings. The van der Waals surface area contributed by atoms with Crippen molar-refractivity contribution in [3.05, 3.63) is 48.5 Å². The highest BCUT2D eigenvalue weighted by atomic mass is 19.1. The van der Waals surface area contributed by atoms with Crippen molar-refractivity contribution in [1.29, 1.82) is 0 Å². The molecular formula is C21H27FN4O2. The lowest BCUT2D eigenvalue weighted by Crippen LogP contribution is -2.58. The Balaban J connectivity index is 1.54. The molecule has 7 heteroatoms. The molecule has 0 aromatic carbocycles. The zero-order valence-electron chi connectivity index (χ0n) is 15.9. The standard InChI is InChI=1S/C21H27FN4O2/c1-2-6-18-21(28)26(19-13-15(22)10-11-17(19)25-18)14-23-12-5-9-20(27)24-16-7-3-4-8-16/h2,6,10-13,16-17,19,25H,1,3-5,7-9,14H2,(H,24,27)/b18-6-,23-12-. The van der Waals surface area contributed by atoms with Crippen molar-refractivity contribution in [1.82, 2.24) is 15.5 Å². The number of carbonyl (C=O) groups excluding carboxylic acids is 2. The quantitative estimate of drug-likeness (QED) is 0.522. The number of nitrogens with zero attached hydrogens (tertiary/aromatic N) is 2. The average Bonchev–Trinajstić information content (AvgIpc) is 3.17. The molecule has 0 bridgehead atoms. The molecule has 1 aliphatic heterocycles. The van der Waals surface area contributed by atoms with E-state index in [-0.39, 0.29) is 30.4 Å². The molecule has 0 spiro atoms. The van der Waals surface area contributed by atoms with Crippen LogP contribution >= 0.6 is 0 Å². The van der Waals surface area contributed by atoms with Crippen molar-refractivity contribution in [3.8, 4) is 0 Å². The summed E-state index contributed by atoms with van der Waals surface area (Å²) in [5.74, 6) is -0.587. The fourth-order valence-corrected chi connectivity index (χ4v) is 3.78. The summed E-state index contributed by atoms with van der Waals surface area (Å²) in [7, 11) is 0. The third-order valence-corrected chi connectivity index (χ3v) is 5.20. The van der Waals surface area contributed by atoms with E-state index in [1.165, 1.54) is 36.0 Å². The van der Waals surface area contributed by atoms with Gasteiger partial charge in [0.2, 0.25) is 5.91 Å². The fourth-order valence-electron chi connectivity index (χ4n) is 3.78. The van der Waals surface area contributed by atoms with Gasteiger partial charge in [0.05, 0.1) is 12.1 Å². The van der Waals surface area contributed by atoms with Gasteiger partial charge < -0.3 is 15.5 Å². The van der Waals surface area contributed by atoms with Crippen LogP contribution in [0.1, 0.15) is 38.5 Å². The smallest absolute Gasteiger partial charge is 0.272 e. The van der Waals surface area contributed by atoms with Crippen molar-refractivity contribution in [2.45, 2.75) is 56.7 Å². The van der Waals surface area contributed by atoms with Gasteiger partial charge in [-0.15, -0.1) is 0 Å². The van der Waals surface area contributed by atoms with Gasteiger partial charge >= 0.3 is 0 Å². The predicted molar refractivity (Wildman–Crippen MR) is 107 cm³/mol. The van der Waals surface area contributed by atoms with Crippen molar-refractivity contribution >= 4 is 18.0 Å². The first-order valence-electron chi connectivity index (χ1n) is 9.82. The van der Waals surface area contributed by atoms with Crippen LogP contribution in [0.3, 0.4) is 0 Å². The number of fused-ring (bicyclic) bond motifs is 1. The van der Waals surface area contributed by atoms with Crippen LogP contribution in [0.25, 0.3) is 0 Å². The maximum atomic E-state index is 13.7. The highest BCUT2D eigenvalue weighted by Gasteiger charge is 2.37. The Hall–Kier alpha value is -2.70. The van der Waals surface area contributed by atoms with Crippen LogP contribution in [0.4, 0.5) is 4.39 Å². The molecule has 28 heavy (non-hydrogen) atoms. The molecule has 2 atom stereocenters. The van der Waals surface area contributed by atoms with Crippen molar-refractivity contribution in [2.75, 3.05) is 6.67 Å². The van der Waals surface area contributed by atoms with Crippen molar-refractivity contribution in [3.63, 3.8) is 0 Å². The Morgan fingerprint density at radius 2 is 2.21 bits per heavy atom. The zero-order valence-corrected chi connectivity index (χ0v) is 15.9. The van der Waals surface area contributed by atoms with Crippen LogP contribution in [0, 0.1) is 0 Å². The highest BCUT2D eigenvalue weighted by Crippen LogP contribution is 2.24. The maximum Gasteiger partial charge on any atom is 0.272 e. The molecule has 3 aliphatic rings. The molecule has 0 aromatic heterocycles. The molecule has 2 N–H and O–H groups in total. The van der Waals surface area contributed by atoms with E-state index in [2.05, 4.69) is 22.2 Å². The first kappa shape index (κ1) is 20.0. The number of aliphatic imine (C=N–C) groups is 1. The molecule has 2 fully saturated rings. The van der Waals surface area contributed by atoms with Crippen LogP contribution in [0.15, 0.2) is 53.5 Å². The first-order valence-corrected chi connectivity index (χ1v) is 9.82. The summed E-state index contributed by atoms with van der Waals surface area (Å²) in [6.45, 7) is 3.73. The van der Waals surface area contributed by atoms with E-state index in [0.717, 1.165) is 12.8 Å². The van der Waals surface area contributed by atoms with Gasteiger partial charge in [0.1, 0.15) is 18.2 Å². The van der Waals surface area contributed by atoms with Crippen LogP contribution in [-0.4, -0.2) is 47.7 Å². The van der Waals surface area contributed by atoms with Crippen LogP contribution in [-0.2, 0) is 9.59 Å². The number of piperazine rings is 1. The second-order valence-corrected chi connectivity index (χ2v) is 7.26. The van der Waals surface area contributed by atoms with Gasteiger partial charge in [-0.3, -0.25) is 14.6 Å². The minimum Gasteiger partial charge on any atom is -0.372 e. The maximum absolute atomic E-state index is 13.7. The van der Waals surface area contributed by atoms with Gasteiger partial charge in [-0.2, -0.15) is 0 Å². The van der Waals surface area contributed by atoms with Crippen LogP contribution < -0.4 is 10.6 Å². The second-order valence-electron chi connectivity index (χ2n) is 7.26. The molecule has 2 aliphatic carbocycles. The molecule has 2 unspecified atom stereocenters. The zero-order chi connectivity index (χ0) is 19.9. The second kappa shape index (κ2) is 9.48. The fraction of sp³-hybridized carbons (Fsp3) is 0.476. The molecule has 1 saturated heterocycles. The Labute approximate surface area is 165 Å². The summed E-state index contributed by atoms with van der Waals surface area (Å²) in [5, 5.41) is 6.14. The Morgan fingerprint density at radius 1 is 1.43 bits per heavy atom. The number of carbonyl (C=O) groups is 2. The molecular weight excluding hydrogens is 359 g/mol. The van der Waals surface area contributed by atoms with E-state index in [0.29, 0.717) is 24.6 Å². The van der Waals surface area contributed by atoms with Crippen molar-refractivity contribution < 1.29 is 14.0 Å². The molecule has 150 valence electrons. The minimum atomic E-state index is -0.442. The van der Waals surface area contributed by atoms with E-state index in [9.17, 15) is 14.0 Å². The molecule has 6 nitrogen and oxygen atoms in total. The van der Waals surface area contributed by atoms with Gasteiger partial charge in [-0.1, -0.05) is 31.6 Å². The topological polar surface area (TPSA) is 73.8 Å². The highest BCUT2D eigenvalue weighted by molar-refractivity contribution is 5.95. The molecule has 3 rings (SSSR count). The summed E-state index contributed by atoms with van der Waals surface area (Å²) < 4.78 is 13.7. The summed E-state index contributed by atoms with van der Waals surface area (Å²) >= 11 is 0. The lowest BCUT2D eigenvalue weighted by Gasteiger charge is -2.40. The number of nitrogens with one attached hydrogen (secondary N) is 2. The Morgan fingerprint density at radius 3 is 2.96 bits per heavy atom. The molecule has 1 heterocycles. The van der Waals surface area contributed by atoms with Gasteiger partial charge in [0, 0.05) is 18.7 Å². The van der Waals surface area contributed by atoms with E-state index in [4.69, 9.17) is 0 Å². The van der Waals surface area contributed by atoms with Gasteiger partial charge in [0.25, 0.3) is 5.91 Å². The van der Waals surface area contributed by atoms with E-state index >= 15 is 0 Å².